The second-order valence-corrected chi connectivity index (χ2v) is 10.0. The zero-order valence-corrected chi connectivity index (χ0v) is 19.1. The summed E-state index contributed by atoms with van der Waals surface area (Å²) in [6.45, 7) is 1.62. The molecule has 0 bridgehead atoms. The van der Waals surface area contributed by atoms with Crippen molar-refractivity contribution in [2.24, 2.45) is 17.0 Å². The summed E-state index contributed by atoms with van der Waals surface area (Å²) >= 11 is 0. The Kier molecular flexibility index (Phi) is 6.64. The highest BCUT2D eigenvalue weighted by Gasteiger charge is 2.43. The smallest absolute Gasteiger partial charge is 0.445 e. The van der Waals surface area contributed by atoms with Gasteiger partial charge in [0, 0.05) is 43.6 Å². The maximum atomic E-state index is 12.8. The Morgan fingerprint density at radius 1 is 0.914 bits per heavy atom. The van der Waals surface area contributed by atoms with Crippen LogP contribution in [0.4, 0.5) is 18.0 Å². The van der Waals surface area contributed by atoms with Crippen molar-refractivity contribution in [3.63, 3.8) is 0 Å². The van der Waals surface area contributed by atoms with E-state index >= 15 is 0 Å². The molecule has 4 rings (SSSR count). The molecule has 13 heteroatoms. The third-order valence-corrected chi connectivity index (χ3v) is 6.91. The Balaban J connectivity index is 1.26. The highest BCUT2D eigenvalue weighted by molar-refractivity contribution is 7.89. The van der Waals surface area contributed by atoms with Crippen molar-refractivity contribution in [1.29, 1.82) is 0 Å². The molecule has 0 saturated carbocycles. The van der Waals surface area contributed by atoms with Crippen molar-refractivity contribution in [2.45, 2.75) is 17.9 Å². The predicted molar refractivity (Wildman–Crippen MR) is 116 cm³/mol. The van der Waals surface area contributed by atoms with Crippen LogP contribution in [0.25, 0.3) is 0 Å². The molecule has 188 valence electrons. The Morgan fingerprint density at radius 3 is 1.97 bits per heavy atom. The van der Waals surface area contributed by atoms with Gasteiger partial charge < -0.3 is 19.3 Å². The second-order valence-electron chi connectivity index (χ2n) is 8.45. The van der Waals surface area contributed by atoms with Gasteiger partial charge in [-0.25, -0.2) is 18.4 Å². The van der Waals surface area contributed by atoms with Crippen molar-refractivity contribution >= 4 is 22.0 Å². The molecule has 0 spiro atoms. The summed E-state index contributed by atoms with van der Waals surface area (Å²) in [7, 11) is -3.84. The number of hydrogen-bond donors (Lipinski definition) is 1. The number of primary sulfonamides is 1. The minimum atomic E-state index is -4.78. The minimum Gasteiger partial charge on any atom is -0.445 e. The Hall–Kier alpha value is -3.32. The largest absolute Gasteiger partial charge is 0.573 e. The van der Waals surface area contributed by atoms with Gasteiger partial charge in [-0.2, -0.15) is 0 Å². The van der Waals surface area contributed by atoms with Crippen LogP contribution in [0.15, 0.2) is 53.4 Å². The molecule has 0 aliphatic carbocycles. The molecule has 2 aliphatic heterocycles. The van der Waals surface area contributed by atoms with E-state index in [1.165, 1.54) is 36.4 Å². The molecule has 2 heterocycles. The van der Waals surface area contributed by atoms with E-state index in [0.717, 1.165) is 12.1 Å². The monoisotopic (exact) mass is 513 g/mol. The molecule has 1 unspecified atom stereocenters. The molecule has 2 fully saturated rings. The molecule has 9 nitrogen and oxygen atoms in total. The Morgan fingerprint density at radius 2 is 1.46 bits per heavy atom. The van der Waals surface area contributed by atoms with Crippen molar-refractivity contribution in [2.75, 3.05) is 26.2 Å². The first-order valence-electron chi connectivity index (χ1n) is 10.6. The van der Waals surface area contributed by atoms with Crippen LogP contribution >= 0.6 is 0 Å². The first kappa shape index (κ1) is 24.8. The van der Waals surface area contributed by atoms with E-state index in [2.05, 4.69) is 4.74 Å². The predicted octanol–water partition coefficient (Wildman–Crippen LogP) is 2.57. The highest BCUT2D eigenvalue weighted by Crippen LogP contribution is 2.32. The zero-order valence-electron chi connectivity index (χ0n) is 18.3. The summed E-state index contributed by atoms with van der Waals surface area (Å²) in [4.78, 5) is 28.4. The summed E-state index contributed by atoms with van der Waals surface area (Å²) in [5.41, 5.74) is 0.859. The SMILES string of the molecule is NS(=O)(=O)c1ccc(C(=O)N2CC3CN(C(=O)OCc4ccc(OC(F)(F)F)cc4)C[C@@H]3C2)cc1. The third-order valence-electron chi connectivity index (χ3n) is 5.98. The lowest BCUT2D eigenvalue weighted by atomic mass is 10.0. The van der Waals surface area contributed by atoms with E-state index in [9.17, 15) is 31.2 Å². The minimum absolute atomic E-state index is 0.0768. The standard InChI is InChI=1S/C22H22F3N3O6S/c23-22(24,25)34-18-5-1-14(2-6-18)13-33-21(30)28-11-16-9-27(10-17(16)12-28)20(29)15-3-7-19(8-4-15)35(26,31)32/h1-8,16-17H,9-13H2,(H2,26,31,32)/t16-,17?/m0/s1. The summed E-state index contributed by atoms with van der Waals surface area (Å²) in [5, 5.41) is 5.08. The highest BCUT2D eigenvalue weighted by atomic mass is 32.2. The van der Waals surface area contributed by atoms with Crippen molar-refractivity contribution < 1.29 is 40.7 Å². The average Bonchev–Trinajstić information content (AvgIpc) is 3.36. The first-order chi connectivity index (χ1) is 16.4. The number of sulfonamides is 1. The van der Waals surface area contributed by atoms with Gasteiger partial charge in [-0.05, 0) is 42.0 Å². The van der Waals surface area contributed by atoms with E-state index in [4.69, 9.17) is 9.88 Å². The van der Waals surface area contributed by atoms with Crippen molar-refractivity contribution in [3.8, 4) is 5.75 Å². The topological polar surface area (TPSA) is 119 Å². The maximum Gasteiger partial charge on any atom is 0.573 e. The molecule has 0 radical (unpaired) electrons. The normalized spacial score (nSPS) is 20.0. The van der Waals surface area contributed by atoms with Crippen LogP contribution in [0.3, 0.4) is 0 Å². The number of benzene rings is 2. The van der Waals surface area contributed by atoms with E-state index in [-0.39, 0.29) is 35.0 Å². The number of nitrogens with zero attached hydrogens (tertiary/aromatic N) is 2. The molecule has 35 heavy (non-hydrogen) atoms. The van der Waals surface area contributed by atoms with Crippen LogP contribution in [0.5, 0.6) is 5.75 Å². The number of alkyl halides is 3. The summed E-state index contributed by atoms with van der Waals surface area (Å²) in [6, 6.07) is 10.5. The number of ether oxygens (including phenoxy) is 2. The third kappa shape index (κ3) is 6.03. The lowest BCUT2D eigenvalue weighted by Gasteiger charge is -2.21. The van der Waals surface area contributed by atoms with Gasteiger partial charge in [-0.15, -0.1) is 13.2 Å². The van der Waals surface area contributed by atoms with E-state index in [0.29, 0.717) is 37.3 Å². The number of fused-ring (bicyclic) bond motifs is 1. The number of hydrogen-bond acceptors (Lipinski definition) is 6. The van der Waals surface area contributed by atoms with Gasteiger partial charge in [-0.1, -0.05) is 12.1 Å². The molecule has 0 aromatic heterocycles. The van der Waals surface area contributed by atoms with Gasteiger partial charge in [0.05, 0.1) is 4.90 Å². The fourth-order valence-electron chi connectivity index (χ4n) is 4.30. The summed E-state index contributed by atoms with van der Waals surface area (Å²) in [6.07, 6.45) is -5.31. The second kappa shape index (κ2) is 9.38. The number of rotatable bonds is 5. The van der Waals surface area contributed by atoms with Gasteiger partial charge in [0.1, 0.15) is 12.4 Å². The molecule has 2 aromatic rings. The molecule has 2 aliphatic rings. The van der Waals surface area contributed by atoms with Crippen LogP contribution in [0, 0.1) is 11.8 Å². The van der Waals surface area contributed by atoms with E-state index in [1.54, 1.807) is 9.80 Å². The molecule has 2 aromatic carbocycles. The van der Waals surface area contributed by atoms with E-state index in [1.807, 2.05) is 0 Å². The molecule has 2 saturated heterocycles. The Bertz CT molecular complexity index is 1190. The molecule has 2 atom stereocenters. The van der Waals surface area contributed by atoms with Crippen LogP contribution in [-0.4, -0.2) is 62.8 Å². The summed E-state index contributed by atoms with van der Waals surface area (Å²) in [5.74, 6) is -0.435. The number of nitrogens with two attached hydrogens (primary N) is 1. The van der Waals surface area contributed by atoms with E-state index < -0.39 is 22.5 Å². The van der Waals surface area contributed by atoms with Gasteiger partial charge >= 0.3 is 12.5 Å². The van der Waals surface area contributed by atoms with Gasteiger partial charge in [0.2, 0.25) is 10.0 Å². The molecular weight excluding hydrogens is 491 g/mol. The Labute approximate surface area is 199 Å². The van der Waals surface area contributed by atoms with Gasteiger partial charge in [0.25, 0.3) is 5.91 Å². The number of halogens is 3. The molecule has 2 amide bonds. The van der Waals surface area contributed by atoms with Crippen LogP contribution < -0.4 is 9.88 Å². The lowest BCUT2D eigenvalue weighted by Crippen LogP contribution is -2.35. The lowest BCUT2D eigenvalue weighted by molar-refractivity contribution is -0.274. The average molecular weight is 513 g/mol. The molecular formula is C22H22F3N3O6S. The van der Waals surface area contributed by atoms with Crippen molar-refractivity contribution in [3.05, 3.63) is 59.7 Å². The molecule has 2 N–H and O–H groups in total. The van der Waals surface area contributed by atoms with Crippen molar-refractivity contribution in [1.82, 2.24) is 9.80 Å². The van der Waals surface area contributed by atoms with Crippen LogP contribution in [0.2, 0.25) is 0 Å². The van der Waals surface area contributed by atoms with Crippen LogP contribution in [0.1, 0.15) is 15.9 Å². The fraction of sp³-hybridized carbons (Fsp3) is 0.364. The maximum absolute atomic E-state index is 12.8. The zero-order chi connectivity index (χ0) is 25.4. The van der Waals surface area contributed by atoms with Crippen LogP contribution in [-0.2, 0) is 21.4 Å². The quantitative estimate of drug-likeness (QED) is 0.657. The van der Waals surface area contributed by atoms with Gasteiger partial charge in [-0.3, -0.25) is 4.79 Å². The number of carbonyl (C=O) groups excluding carboxylic acids is 2. The number of carbonyl (C=O) groups is 2. The first-order valence-corrected chi connectivity index (χ1v) is 12.1. The van der Waals surface area contributed by atoms with Gasteiger partial charge in [0.15, 0.2) is 0 Å². The number of amides is 2. The summed E-state index contributed by atoms with van der Waals surface area (Å²) < 4.78 is 68.5. The fourth-order valence-corrected chi connectivity index (χ4v) is 4.82. The number of likely N-dealkylation sites (tertiary alicyclic amines) is 2.